The van der Waals surface area contributed by atoms with Crippen LogP contribution in [0.1, 0.15) is 75.2 Å². The van der Waals surface area contributed by atoms with Gasteiger partial charge in [0.1, 0.15) is 0 Å². The molecule has 0 aliphatic rings. The summed E-state index contributed by atoms with van der Waals surface area (Å²) >= 11 is 0. The molecule has 31 heavy (non-hydrogen) atoms. The second-order valence-electron chi connectivity index (χ2n) is 8.73. The molecule has 170 valence electrons. The highest BCUT2D eigenvalue weighted by Gasteiger charge is 2.24. The first kappa shape index (κ1) is 25.0. The van der Waals surface area contributed by atoms with Crippen LogP contribution in [0.5, 0.6) is 0 Å². The summed E-state index contributed by atoms with van der Waals surface area (Å²) in [5, 5.41) is 22.9. The van der Waals surface area contributed by atoms with Crippen molar-refractivity contribution in [1.82, 2.24) is 5.32 Å². The van der Waals surface area contributed by atoms with Crippen LogP contribution in [0.25, 0.3) is 0 Å². The Labute approximate surface area is 183 Å². The number of hydrogen-bond donors (Lipinski definition) is 3. The summed E-state index contributed by atoms with van der Waals surface area (Å²) in [4.78, 5) is 11.1. The van der Waals surface area contributed by atoms with Crippen LogP contribution in [0.2, 0.25) is 0 Å². The van der Waals surface area contributed by atoms with Crippen molar-refractivity contribution in [1.29, 1.82) is 0 Å². The van der Waals surface area contributed by atoms with E-state index in [1.54, 1.807) is 6.92 Å². The highest BCUT2D eigenvalue weighted by Crippen LogP contribution is 2.29. The van der Waals surface area contributed by atoms with E-state index >= 15 is 0 Å². The molecule has 0 aromatic heterocycles. The maximum absolute atomic E-state index is 14.4. The predicted molar refractivity (Wildman–Crippen MR) is 118 cm³/mol. The molecule has 0 saturated heterocycles. The van der Waals surface area contributed by atoms with Crippen LogP contribution in [0.3, 0.4) is 0 Å². The molecule has 0 aliphatic heterocycles. The van der Waals surface area contributed by atoms with Gasteiger partial charge in [-0.2, -0.15) is 0 Å². The van der Waals surface area contributed by atoms with Crippen molar-refractivity contribution in [3.63, 3.8) is 0 Å². The molecule has 0 radical (unpaired) electrons. The standard InChI is InChI=1S/C25H33F2NO3/c1-4-18(15-23(30)31)19-13-20(24(27)21(26)14-19)22(29)16-28-25(2,3)12-8-11-17-9-6-5-7-10-17/h5-7,9-10,13-14,18,22,28-29H,4,8,11-12,15-16H2,1-3H3,(H,30,31)/t18?,22-/m1/s1. The van der Waals surface area contributed by atoms with E-state index in [0.29, 0.717) is 12.0 Å². The lowest BCUT2D eigenvalue weighted by atomic mass is 9.90. The first-order valence-electron chi connectivity index (χ1n) is 10.8. The first-order chi connectivity index (χ1) is 14.6. The number of rotatable bonds is 12. The Hall–Kier alpha value is -2.31. The van der Waals surface area contributed by atoms with Crippen LogP contribution in [-0.4, -0.2) is 28.3 Å². The minimum atomic E-state index is -1.25. The SMILES string of the molecule is CCC(CC(=O)O)c1cc(F)c(F)c([C@H](O)CNC(C)(C)CCCc2ccccc2)c1. The number of aliphatic carboxylic acids is 1. The lowest BCUT2D eigenvalue weighted by Crippen LogP contribution is -2.41. The summed E-state index contributed by atoms with van der Waals surface area (Å²) in [6, 6.07) is 12.6. The van der Waals surface area contributed by atoms with E-state index in [0.717, 1.165) is 25.3 Å². The van der Waals surface area contributed by atoms with Crippen molar-refractivity contribution in [2.75, 3.05) is 6.54 Å². The molecule has 4 nitrogen and oxygen atoms in total. The summed E-state index contributed by atoms with van der Waals surface area (Å²) in [5.41, 5.74) is 1.21. The van der Waals surface area contributed by atoms with Crippen molar-refractivity contribution < 1.29 is 23.8 Å². The number of carboxylic acid groups (broad SMARTS) is 1. The molecule has 0 heterocycles. The van der Waals surface area contributed by atoms with E-state index in [1.807, 2.05) is 32.0 Å². The number of carboxylic acids is 1. The summed E-state index contributed by atoms with van der Waals surface area (Å²) in [6.45, 7) is 5.88. The van der Waals surface area contributed by atoms with E-state index in [4.69, 9.17) is 5.11 Å². The van der Waals surface area contributed by atoms with Gasteiger partial charge in [-0.25, -0.2) is 8.78 Å². The Bertz CT molecular complexity index is 855. The molecule has 0 bridgehead atoms. The van der Waals surface area contributed by atoms with Crippen LogP contribution >= 0.6 is 0 Å². The zero-order valence-electron chi connectivity index (χ0n) is 18.5. The van der Waals surface area contributed by atoms with E-state index in [-0.39, 0.29) is 24.1 Å². The predicted octanol–water partition coefficient (Wildman–Crippen LogP) is 5.36. The zero-order chi connectivity index (χ0) is 23.0. The van der Waals surface area contributed by atoms with Gasteiger partial charge >= 0.3 is 5.97 Å². The fourth-order valence-corrected chi connectivity index (χ4v) is 3.77. The number of hydrogen-bond acceptors (Lipinski definition) is 3. The van der Waals surface area contributed by atoms with Gasteiger partial charge in [-0.15, -0.1) is 0 Å². The number of nitrogens with one attached hydrogen (secondary N) is 1. The van der Waals surface area contributed by atoms with Gasteiger partial charge in [0, 0.05) is 17.6 Å². The first-order valence-corrected chi connectivity index (χ1v) is 10.8. The molecule has 2 atom stereocenters. The largest absolute Gasteiger partial charge is 0.481 e. The molecule has 2 rings (SSSR count). The molecule has 2 aromatic carbocycles. The highest BCUT2D eigenvalue weighted by atomic mass is 19.2. The molecule has 0 spiro atoms. The van der Waals surface area contributed by atoms with Crippen LogP contribution < -0.4 is 5.32 Å². The van der Waals surface area contributed by atoms with E-state index in [1.165, 1.54) is 11.6 Å². The van der Waals surface area contributed by atoms with Crippen molar-refractivity contribution in [2.45, 2.75) is 70.4 Å². The van der Waals surface area contributed by atoms with Crippen molar-refractivity contribution >= 4 is 5.97 Å². The Morgan fingerprint density at radius 1 is 1.16 bits per heavy atom. The van der Waals surface area contributed by atoms with Gasteiger partial charge in [0.25, 0.3) is 0 Å². The van der Waals surface area contributed by atoms with Crippen molar-refractivity contribution in [3.05, 3.63) is 70.8 Å². The third-order valence-electron chi connectivity index (χ3n) is 5.71. The lowest BCUT2D eigenvalue weighted by molar-refractivity contribution is -0.137. The van der Waals surface area contributed by atoms with E-state index < -0.39 is 29.6 Å². The van der Waals surface area contributed by atoms with Crippen molar-refractivity contribution in [2.24, 2.45) is 0 Å². The molecule has 0 aliphatic carbocycles. The summed E-state index contributed by atoms with van der Waals surface area (Å²) in [6.07, 6.45) is 1.79. The number of benzene rings is 2. The Balaban J connectivity index is 2.01. The van der Waals surface area contributed by atoms with Gasteiger partial charge in [-0.3, -0.25) is 4.79 Å². The number of aliphatic hydroxyl groups is 1. The molecular formula is C25H33F2NO3. The van der Waals surface area contributed by atoms with Gasteiger partial charge in [0.15, 0.2) is 11.6 Å². The maximum Gasteiger partial charge on any atom is 0.303 e. The minimum Gasteiger partial charge on any atom is -0.481 e. The Kier molecular flexibility index (Phi) is 9.14. The van der Waals surface area contributed by atoms with E-state index in [2.05, 4.69) is 17.4 Å². The summed E-state index contributed by atoms with van der Waals surface area (Å²) in [7, 11) is 0. The van der Waals surface area contributed by atoms with E-state index in [9.17, 15) is 18.7 Å². The van der Waals surface area contributed by atoms with Crippen LogP contribution in [0, 0.1) is 11.6 Å². The molecule has 0 fully saturated rings. The summed E-state index contributed by atoms with van der Waals surface area (Å²) < 4.78 is 28.6. The third-order valence-corrected chi connectivity index (χ3v) is 5.71. The number of aryl methyl sites for hydroxylation is 1. The van der Waals surface area contributed by atoms with Gasteiger partial charge in [0.2, 0.25) is 0 Å². The third kappa shape index (κ3) is 7.71. The molecule has 3 N–H and O–H groups in total. The van der Waals surface area contributed by atoms with Gasteiger partial charge < -0.3 is 15.5 Å². The van der Waals surface area contributed by atoms with Gasteiger partial charge in [-0.1, -0.05) is 37.3 Å². The molecular weight excluding hydrogens is 400 g/mol. The molecule has 0 amide bonds. The number of β-amino-alcohol motifs (C(OH)–C–C–N with tert-alkyl or cyclic N) is 1. The quantitative estimate of drug-likeness (QED) is 0.422. The normalized spacial score (nSPS) is 13.7. The van der Waals surface area contributed by atoms with Crippen LogP contribution in [0.4, 0.5) is 8.78 Å². The molecule has 0 saturated carbocycles. The van der Waals surface area contributed by atoms with Gasteiger partial charge in [0.05, 0.1) is 12.5 Å². The average Bonchev–Trinajstić information content (AvgIpc) is 2.72. The van der Waals surface area contributed by atoms with Gasteiger partial charge in [-0.05, 0) is 68.7 Å². The van der Waals surface area contributed by atoms with Crippen molar-refractivity contribution in [3.8, 4) is 0 Å². The maximum atomic E-state index is 14.4. The topological polar surface area (TPSA) is 69.6 Å². The zero-order valence-corrected chi connectivity index (χ0v) is 18.5. The Morgan fingerprint density at radius 2 is 1.84 bits per heavy atom. The minimum absolute atomic E-state index is 0.0634. The molecule has 2 aromatic rings. The fourth-order valence-electron chi connectivity index (χ4n) is 3.77. The highest BCUT2D eigenvalue weighted by molar-refractivity contribution is 5.68. The summed E-state index contributed by atoms with van der Waals surface area (Å²) in [5.74, 6) is -3.61. The lowest BCUT2D eigenvalue weighted by Gasteiger charge is -2.28. The second kappa shape index (κ2) is 11.3. The van der Waals surface area contributed by atoms with Crippen LogP contribution in [0.15, 0.2) is 42.5 Å². The average molecular weight is 434 g/mol. The Morgan fingerprint density at radius 3 is 2.45 bits per heavy atom. The number of halogens is 2. The number of aliphatic hydroxyl groups excluding tert-OH is 1. The molecule has 1 unspecified atom stereocenters. The van der Waals surface area contributed by atoms with Crippen LogP contribution in [-0.2, 0) is 11.2 Å². The fraction of sp³-hybridized carbons (Fsp3) is 0.480. The monoisotopic (exact) mass is 433 g/mol. The smallest absolute Gasteiger partial charge is 0.303 e. The second-order valence-corrected chi connectivity index (χ2v) is 8.73. The number of carbonyl (C=O) groups is 1. The molecule has 6 heteroatoms.